The molecule has 6 heteroatoms. The van der Waals surface area contributed by atoms with Crippen LogP contribution in [0.3, 0.4) is 0 Å². The lowest BCUT2D eigenvalue weighted by Crippen LogP contribution is -2.60. The van der Waals surface area contributed by atoms with Crippen LogP contribution in [-0.4, -0.2) is 52.8 Å². The summed E-state index contributed by atoms with van der Waals surface area (Å²) < 4.78 is 0. The van der Waals surface area contributed by atoms with Crippen LogP contribution in [0.5, 0.6) is 0 Å². The zero-order valence-electron chi connectivity index (χ0n) is 11.1. The Bertz CT molecular complexity index is 378. The SMILES string of the molecule is Cl.NC1(C(=O)N2CCN(C3CC3)C(=O)C2)CCCC1. The number of rotatable bonds is 2. The quantitative estimate of drug-likeness (QED) is 0.805. The molecule has 0 aromatic heterocycles. The van der Waals surface area contributed by atoms with Gasteiger partial charge in [0.05, 0.1) is 12.1 Å². The molecule has 0 spiro atoms. The third-order valence-corrected chi connectivity index (χ3v) is 4.45. The Morgan fingerprint density at radius 3 is 2.37 bits per heavy atom. The largest absolute Gasteiger partial charge is 0.336 e. The van der Waals surface area contributed by atoms with Gasteiger partial charge in [-0.15, -0.1) is 12.4 Å². The molecule has 2 aliphatic carbocycles. The average molecular weight is 288 g/mol. The van der Waals surface area contributed by atoms with Crippen molar-refractivity contribution in [2.24, 2.45) is 5.73 Å². The van der Waals surface area contributed by atoms with E-state index in [1.54, 1.807) is 4.90 Å². The van der Waals surface area contributed by atoms with Crippen LogP contribution < -0.4 is 5.73 Å². The van der Waals surface area contributed by atoms with Gasteiger partial charge in [-0.25, -0.2) is 0 Å². The van der Waals surface area contributed by atoms with E-state index < -0.39 is 5.54 Å². The van der Waals surface area contributed by atoms with Gasteiger partial charge in [0.25, 0.3) is 0 Å². The van der Waals surface area contributed by atoms with Crippen molar-refractivity contribution in [3.63, 3.8) is 0 Å². The average Bonchev–Trinajstić information content (AvgIpc) is 3.10. The number of hydrogen-bond acceptors (Lipinski definition) is 3. The maximum Gasteiger partial charge on any atom is 0.243 e. The van der Waals surface area contributed by atoms with E-state index in [-0.39, 0.29) is 30.8 Å². The van der Waals surface area contributed by atoms with Crippen molar-refractivity contribution >= 4 is 24.2 Å². The van der Waals surface area contributed by atoms with Crippen molar-refractivity contribution in [1.29, 1.82) is 0 Å². The van der Waals surface area contributed by atoms with Crippen molar-refractivity contribution in [1.82, 2.24) is 9.80 Å². The zero-order valence-corrected chi connectivity index (χ0v) is 12.0. The van der Waals surface area contributed by atoms with Gasteiger partial charge >= 0.3 is 0 Å². The lowest BCUT2D eigenvalue weighted by molar-refractivity contribution is -0.148. The maximum absolute atomic E-state index is 12.4. The number of hydrogen-bond donors (Lipinski definition) is 1. The van der Waals surface area contributed by atoms with Crippen LogP contribution in [0.4, 0.5) is 0 Å². The molecule has 108 valence electrons. The molecule has 1 saturated heterocycles. The van der Waals surface area contributed by atoms with Crippen molar-refractivity contribution in [2.45, 2.75) is 50.1 Å². The van der Waals surface area contributed by atoms with Crippen molar-refractivity contribution < 1.29 is 9.59 Å². The summed E-state index contributed by atoms with van der Waals surface area (Å²) in [5.41, 5.74) is 5.48. The molecule has 3 rings (SSSR count). The minimum absolute atomic E-state index is 0. The summed E-state index contributed by atoms with van der Waals surface area (Å²) in [4.78, 5) is 28.0. The zero-order chi connectivity index (χ0) is 12.8. The highest BCUT2D eigenvalue weighted by Crippen LogP contribution is 2.31. The second kappa shape index (κ2) is 5.29. The Hall–Kier alpha value is -0.810. The van der Waals surface area contributed by atoms with Gasteiger partial charge in [-0.05, 0) is 25.7 Å². The molecule has 0 aromatic rings. The first-order valence-electron chi connectivity index (χ1n) is 6.98. The van der Waals surface area contributed by atoms with Gasteiger partial charge in [0.15, 0.2) is 0 Å². The fourth-order valence-electron chi connectivity index (χ4n) is 3.17. The second-order valence-electron chi connectivity index (χ2n) is 5.91. The van der Waals surface area contributed by atoms with Crippen molar-refractivity contribution in [3.8, 4) is 0 Å². The summed E-state index contributed by atoms with van der Waals surface area (Å²) in [5, 5.41) is 0. The number of nitrogens with zero attached hydrogens (tertiary/aromatic N) is 2. The van der Waals surface area contributed by atoms with Crippen LogP contribution in [0, 0.1) is 0 Å². The van der Waals surface area contributed by atoms with Crippen molar-refractivity contribution in [3.05, 3.63) is 0 Å². The van der Waals surface area contributed by atoms with Crippen LogP contribution in [0.1, 0.15) is 38.5 Å². The predicted molar refractivity (Wildman–Crippen MR) is 73.9 cm³/mol. The van der Waals surface area contributed by atoms with E-state index in [4.69, 9.17) is 5.73 Å². The van der Waals surface area contributed by atoms with E-state index in [0.717, 1.165) is 38.5 Å². The van der Waals surface area contributed by atoms with E-state index >= 15 is 0 Å². The molecule has 3 fully saturated rings. The second-order valence-corrected chi connectivity index (χ2v) is 5.91. The molecule has 5 nitrogen and oxygen atoms in total. The van der Waals surface area contributed by atoms with Gasteiger partial charge in [0, 0.05) is 19.1 Å². The van der Waals surface area contributed by atoms with E-state index in [9.17, 15) is 9.59 Å². The number of nitrogens with two attached hydrogens (primary N) is 1. The number of carbonyl (C=O) groups excluding carboxylic acids is 2. The van der Waals surface area contributed by atoms with Crippen LogP contribution >= 0.6 is 12.4 Å². The van der Waals surface area contributed by atoms with Gasteiger partial charge in [-0.2, -0.15) is 0 Å². The number of carbonyl (C=O) groups is 2. The van der Waals surface area contributed by atoms with Gasteiger partial charge in [0.2, 0.25) is 11.8 Å². The van der Waals surface area contributed by atoms with E-state index in [1.165, 1.54) is 0 Å². The summed E-state index contributed by atoms with van der Waals surface area (Å²) >= 11 is 0. The Balaban J connectivity index is 0.00000133. The number of amides is 2. The molecule has 0 radical (unpaired) electrons. The molecule has 1 aliphatic heterocycles. The highest BCUT2D eigenvalue weighted by atomic mass is 35.5. The van der Waals surface area contributed by atoms with Crippen LogP contribution in [-0.2, 0) is 9.59 Å². The first-order valence-corrected chi connectivity index (χ1v) is 6.98. The fraction of sp³-hybridized carbons (Fsp3) is 0.846. The standard InChI is InChI=1S/C13H21N3O2.ClH/c14-13(5-1-2-6-13)12(18)15-7-8-16(10-3-4-10)11(17)9-15;/h10H,1-9,14H2;1H. The molecule has 2 N–H and O–H groups in total. The van der Waals surface area contributed by atoms with Crippen molar-refractivity contribution in [2.75, 3.05) is 19.6 Å². The molecule has 0 aromatic carbocycles. The number of piperazine rings is 1. The van der Waals surface area contributed by atoms with Crippen LogP contribution in [0.15, 0.2) is 0 Å². The van der Waals surface area contributed by atoms with Crippen LogP contribution in [0.2, 0.25) is 0 Å². The molecule has 0 atom stereocenters. The third kappa shape index (κ3) is 2.72. The Kier molecular flexibility index (Phi) is 4.06. The maximum atomic E-state index is 12.4. The summed E-state index contributed by atoms with van der Waals surface area (Å²) in [7, 11) is 0. The van der Waals surface area contributed by atoms with Gasteiger partial charge in [-0.3, -0.25) is 9.59 Å². The minimum atomic E-state index is -0.692. The minimum Gasteiger partial charge on any atom is -0.336 e. The smallest absolute Gasteiger partial charge is 0.243 e. The first-order chi connectivity index (χ1) is 8.60. The predicted octanol–water partition coefficient (Wildman–Crippen LogP) is 0.513. The molecular weight excluding hydrogens is 266 g/mol. The fourth-order valence-corrected chi connectivity index (χ4v) is 3.17. The summed E-state index contributed by atoms with van der Waals surface area (Å²) in [5.74, 6) is 0.0856. The Labute approximate surface area is 119 Å². The molecule has 0 unspecified atom stereocenters. The lowest BCUT2D eigenvalue weighted by atomic mass is 9.97. The first kappa shape index (κ1) is 14.6. The van der Waals surface area contributed by atoms with Crippen LogP contribution in [0.25, 0.3) is 0 Å². The molecule has 2 saturated carbocycles. The van der Waals surface area contributed by atoms with E-state index in [0.29, 0.717) is 19.1 Å². The Morgan fingerprint density at radius 2 is 1.84 bits per heavy atom. The molecule has 1 heterocycles. The molecule has 2 amide bonds. The van der Waals surface area contributed by atoms with E-state index in [2.05, 4.69) is 0 Å². The van der Waals surface area contributed by atoms with Gasteiger partial charge in [0.1, 0.15) is 0 Å². The highest BCUT2D eigenvalue weighted by molar-refractivity contribution is 5.91. The monoisotopic (exact) mass is 287 g/mol. The lowest BCUT2D eigenvalue weighted by Gasteiger charge is -2.38. The normalized spacial score (nSPS) is 26.3. The molecule has 19 heavy (non-hydrogen) atoms. The van der Waals surface area contributed by atoms with Gasteiger partial charge < -0.3 is 15.5 Å². The van der Waals surface area contributed by atoms with E-state index in [1.807, 2.05) is 4.90 Å². The summed E-state index contributed by atoms with van der Waals surface area (Å²) in [6.07, 6.45) is 5.84. The van der Waals surface area contributed by atoms with Gasteiger partial charge in [-0.1, -0.05) is 12.8 Å². The summed E-state index contributed by atoms with van der Waals surface area (Å²) in [6.45, 7) is 1.57. The molecular formula is C13H22ClN3O2. The third-order valence-electron chi connectivity index (χ3n) is 4.45. The molecule has 3 aliphatic rings. The topological polar surface area (TPSA) is 66.6 Å². The highest BCUT2D eigenvalue weighted by Gasteiger charge is 2.43. The number of halogens is 1. The Morgan fingerprint density at radius 1 is 1.21 bits per heavy atom. The summed E-state index contributed by atoms with van der Waals surface area (Å²) in [6, 6.07) is 0.452. The molecule has 0 bridgehead atoms.